The van der Waals surface area contributed by atoms with Gasteiger partial charge in [-0.1, -0.05) is 12.1 Å². The van der Waals surface area contributed by atoms with E-state index < -0.39 is 11.8 Å². The number of fused-ring (bicyclic) bond motifs is 1. The van der Waals surface area contributed by atoms with Gasteiger partial charge in [0.15, 0.2) is 11.6 Å². The number of nitrogens with one attached hydrogen (secondary N) is 2. The summed E-state index contributed by atoms with van der Waals surface area (Å²) in [5, 5.41) is 9.58. The van der Waals surface area contributed by atoms with Crippen LogP contribution < -0.4 is 16.4 Å². The zero-order valence-electron chi connectivity index (χ0n) is 17.8. The van der Waals surface area contributed by atoms with Gasteiger partial charge in [-0.15, -0.1) is 0 Å². The number of amides is 2. The standard InChI is InChI=1S/C22H21FN8O2/c1-22(4-5-22)15-7-16(33-30-15)28-21(32)29-19-14(23)6-11(8-25-19)13-9-31(12-2-3-12)20-17(13)18(24)26-10-27-20/h6-10,12H,2-5H2,1H3,(H2,24,26,27)(H2,25,28,29,32). The average Bonchev–Trinajstić information content (AvgIpc) is 3.68. The lowest BCUT2D eigenvalue weighted by atomic mass is 10.1. The van der Waals surface area contributed by atoms with Crippen LogP contribution in [0, 0.1) is 5.82 Å². The summed E-state index contributed by atoms with van der Waals surface area (Å²) >= 11 is 0. The number of carbonyl (C=O) groups is 1. The van der Waals surface area contributed by atoms with Gasteiger partial charge >= 0.3 is 6.03 Å². The second kappa shape index (κ2) is 6.99. The van der Waals surface area contributed by atoms with Gasteiger partial charge in [-0.25, -0.2) is 24.1 Å². The van der Waals surface area contributed by atoms with Crippen LogP contribution in [0.3, 0.4) is 0 Å². The van der Waals surface area contributed by atoms with Crippen LogP contribution in [0.4, 0.5) is 26.7 Å². The Morgan fingerprint density at radius 3 is 2.79 bits per heavy atom. The normalized spacial score (nSPS) is 16.7. The zero-order valence-corrected chi connectivity index (χ0v) is 17.8. The zero-order chi connectivity index (χ0) is 22.7. The van der Waals surface area contributed by atoms with E-state index in [-0.39, 0.29) is 17.1 Å². The molecule has 0 aromatic carbocycles. The molecule has 2 saturated carbocycles. The highest BCUT2D eigenvalue weighted by Crippen LogP contribution is 2.47. The molecule has 0 radical (unpaired) electrons. The number of hydrogen-bond donors (Lipinski definition) is 3. The lowest BCUT2D eigenvalue weighted by Gasteiger charge is -2.07. The Bertz CT molecular complexity index is 1400. The Kier molecular flexibility index (Phi) is 4.16. The molecule has 0 atom stereocenters. The molecule has 0 bridgehead atoms. The monoisotopic (exact) mass is 448 g/mol. The molecule has 2 aliphatic carbocycles. The average molecular weight is 448 g/mol. The van der Waals surface area contributed by atoms with Crippen LogP contribution in [0.25, 0.3) is 22.2 Å². The van der Waals surface area contributed by atoms with E-state index in [1.807, 2.05) is 10.8 Å². The number of anilines is 3. The fourth-order valence-electron chi connectivity index (χ4n) is 3.95. The Labute approximate surface area is 187 Å². The maximum Gasteiger partial charge on any atom is 0.327 e. The topological polar surface area (TPSA) is 137 Å². The van der Waals surface area contributed by atoms with Crippen molar-refractivity contribution >= 4 is 34.6 Å². The van der Waals surface area contributed by atoms with E-state index in [4.69, 9.17) is 10.3 Å². The first-order valence-corrected chi connectivity index (χ1v) is 10.7. The summed E-state index contributed by atoms with van der Waals surface area (Å²) in [4.78, 5) is 24.9. The highest BCUT2D eigenvalue weighted by Gasteiger charge is 2.42. The maximum absolute atomic E-state index is 14.9. The van der Waals surface area contributed by atoms with Crippen molar-refractivity contribution in [3.05, 3.63) is 42.4 Å². The number of nitrogens with zero attached hydrogens (tertiary/aromatic N) is 5. The second-order valence-electron chi connectivity index (χ2n) is 8.91. The first-order chi connectivity index (χ1) is 15.9. The number of hydrogen-bond acceptors (Lipinski definition) is 7. The number of nitrogens with two attached hydrogens (primary N) is 1. The van der Waals surface area contributed by atoms with Gasteiger partial charge in [0, 0.05) is 41.0 Å². The highest BCUT2D eigenvalue weighted by molar-refractivity contribution is 6.01. The largest absolute Gasteiger partial charge is 0.383 e. The summed E-state index contributed by atoms with van der Waals surface area (Å²) in [7, 11) is 0. The van der Waals surface area contributed by atoms with Crippen LogP contribution in [-0.4, -0.2) is 30.7 Å². The van der Waals surface area contributed by atoms with Crippen LogP contribution >= 0.6 is 0 Å². The molecule has 0 aliphatic heterocycles. The lowest BCUT2D eigenvalue weighted by molar-refractivity contribution is 0.261. The fourth-order valence-corrected chi connectivity index (χ4v) is 3.95. The molecule has 4 heterocycles. The van der Waals surface area contributed by atoms with Gasteiger partial charge in [-0.2, -0.15) is 0 Å². The lowest BCUT2D eigenvalue weighted by Crippen LogP contribution is -2.20. The number of urea groups is 1. The summed E-state index contributed by atoms with van der Waals surface area (Å²) in [6.07, 6.45) is 9.00. The van der Waals surface area contributed by atoms with Gasteiger partial charge in [-0.3, -0.25) is 10.6 Å². The number of halogens is 1. The number of rotatable bonds is 5. The van der Waals surface area contributed by atoms with E-state index >= 15 is 0 Å². The molecule has 4 aromatic heterocycles. The third kappa shape index (κ3) is 3.45. The quantitative estimate of drug-likeness (QED) is 0.415. The molecule has 11 heteroatoms. The Morgan fingerprint density at radius 1 is 1.24 bits per heavy atom. The third-order valence-electron chi connectivity index (χ3n) is 6.33. The van der Waals surface area contributed by atoms with E-state index in [0.29, 0.717) is 34.0 Å². The molecule has 2 fully saturated rings. The summed E-state index contributed by atoms with van der Waals surface area (Å²) in [6.45, 7) is 2.08. The molecule has 0 spiro atoms. The summed E-state index contributed by atoms with van der Waals surface area (Å²) in [5.41, 5.74) is 8.84. The van der Waals surface area contributed by atoms with E-state index in [1.54, 1.807) is 6.07 Å². The molecular weight excluding hydrogens is 427 g/mol. The van der Waals surface area contributed by atoms with Crippen molar-refractivity contribution in [2.75, 3.05) is 16.4 Å². The van der Waals surface area contributed by atoms with Gasteiger partial charge in [0.2, 0.25) is 5.88 Å². The van der Waals surface area contributed by atoms with E-state index in [1.165, 1.54) is 18.6 Å². The molecule has 33 heavy (non-hydrogen) atoms. The third-order valence-corrected chi connectivity index (χ3v) is 6.33. The first kappa shape index (κ1) is 19.6. The van der Waals surface area contributed by atoms with Crippen molar-refractivity contribution in [2.45, 2.75) is 44.1 Å². The van der Waals surface area contributed by atoms with Crippen molar-refractivity contribution in [1.29, 1.82) is 0 Å². The van der Waals surface area contributed by atoms with E-state index in [2.05, 4.69) is 37.7 Å². The molecular formula is C22H21FN8O2. The smallest absolute Gasteiger partial charge is 0.327 e. The highest BCUT2D eigenvalue weighted by atomic mass is 19.1. The molecule has 0 unspecified atom stereocenters. The van der Waals surface area contributed by atoms with Gasteiger partial charge in [0.1, 0.15) is 17.8 Å². The van der Waals surface area contributed by atoms with Gasteiger partial charge in [0.05, 0.1) is 11.1 Å². The molecule has 2 amide bonds. The molecule has 2 aliphatic rings. The SMILES string of the molecule is CC1(c2cc(NC(=O)Nc3ncc(-c4cn(C5CC5)c5ncnc(N)c45)cc3F)on2)CC1. The number of aromatic nitrogens is 5. The minimum Gasteiger partial charge on any atom is -0.383 e. The van der Waals surface area contributed by atoms with Crippen molar-refractivity contribution in [3.63, 3.8) is 0 Å². The molecule has 4 N–H and O–H groups in total. The van der Waals surface area contributed by atoms with Crippen LogP contribution in [0.15, 0.2) is 35.4 Å². The first-order valence-electron chi connectivity index (χ1n) is 10.7. The molecule has 168 valence electrons. The van der Waals surface area contributed by atoms with Crippen LogP contribution in [0.5, 0.6) is 0 Å². The minimum absolute atomic E-state index is 0.0143. The summed E-state index contributed by atoms with van der Waals surface area (Å²) in [6, 6.07) is 2.67. The Morgan fingerprint density at radius 2 is 2.06 bits per heavy atom. The number of nitrogen functional groups attached to an aromatic ring is 1. The Hall–Kier alpha value is -4.02. The van der Waals surface area contributed by atoms with Crippen molar-refractivity contribution < 1.29 is 13.7 Å². The van der Waals surface area contributed by atoms with E-state index in [0.717, 1.165) is 31.4 Å². The predicted molar refractivity (Wildman–Crippen MR) is 119 cm³/mol. The van der Waals surface area contributed by atoms with Gasteiger partial charge < -0.3 is 14.8 Å². The fraction of sp³-hybridized carbons (Fsp3) is 0.318. The molecule has 6 rings (SSSR count). The van der Waals surface area contributed by atoms with Crippen molar-refractivity contribution in [3.8, 4) is 11.1 Å². The maximum atomic E-state index is 14.9. The predicted octanol–water partition coefficient (Wildman–Crippen LogP) is 4.23. The van der Waals surface area contributed by atoms with Crippen molar-refractivity contribution in [1.82, 2.24) is 24.7 Å². The van der Waals surface area contributed by atoms with Crippen LogP contribution in [0.2, 0.25) is 0 Å². The van der Waals surface area contributed by atoms with Gasteiger partial charge in [-0.05, 0) is 31.7 Å². The molecule has 10 nitrogen and oxygen atoms in total. The summed E-state index contributed by atoms with van der Waals surface area (Å²) < 4.78 is 22.1. The van der Waals surface area contributed by atoms with Gasteiger partial charge in [0.25, 0.3) is 0 Å². The second-order valence-corrected chi connectivity index (χ2v) is 8.91. The van der Waals surface area contributed by atoms with Crippen LogP contribution in [0.1, 0.15) is 44.3 Å². The number of pyridine rings is 1. The number of carbonyl (C=O) groups excluding carboxylic acids is 1. The molecule has 0 saturated heterocycles. The summed E-state index contributed by atoms with van der Waals surface area (Å²) in [5.74, 6) is -0.381. The van der Waals surface area contributed by atoms with Crippen molar-refractivity contribution in [2.24, 2.45) is 0 Å². The van der Waals surface area contributed by atoms with Crippen LogP contribution in [-0.2, 0) is 5.41 Å². The van der Waals surface area contributed by atoms with E-state index in [9.17, 15) is 9.18 Å². The molecule has 4 aromatic rings. The minimum atomic E-state index is -0.686. The Balaban J connectivity index is 1.24.